The van der Waals surface area contributed by atoms with Crippen molar-refractivity contribution < 1.29 is 14.6 Å². The second-order valence-electron chi connectivity index (χ2n) is 5.84. The van der Waals surface area contributed by atoms with Gasteiger partial charge in [-0.3, -0.25) is 0 Å². The van der Waals surface area contributed by atoms with Gasteiger partial charge < -0.3 is 15.2 Å². The summed E-state index contributed by atoms with van der Waals surface area (Å²) in [6.45, 7) is 0. The average molecular weight is 417 g/mol. The largest absolute Gasteiger partial charge is 0.491 e. The lowest BCUT2D eigenvalue weighted by molar-refractivity contribution is -0.140. The molecule has 3 atom stereocenters. The first-order valence-electron chi connectivity index (χ1n) is 7.20. The maximum absolute atomic E-state index is 11.7. The van der Waals surface area contributed by atoms with E-state index in [4.69, 9.17) is 27.9 Å². The molecule has 2 heterocycles. The highest BCUT2D eigenvalue weighted by atomic mass is 79.9. The lowest BCUT2D eigenvalue weighted by atomic mass is 9.79. The van der Waals surface area contributed by atoms with E-state index in [1.165, 1.54) is 0 Å². The van der Waals surface area contributed by atoms with E-state index >= 15 is 0 Å². The number of nitrogens with one attached hydrogen (secondary N) is 1. The van der Waals surface area contributed by atoms with Gasteiger partial charge in [0.15, 0.2) is 6.04 Å². The minimum absolute atomic E-state index is 0.208. The number of hydrogen-bond donors (Lipinski definition) is 2. The standard InChI is InChI=1S/C16H12BrCl2NO3/c17-6-1-2-11-8(3-6)12-13-9(19)4-7(18)5-10(13)20-14(16(21)22)15(12)23-11/h3-5,12,14-15,20H,1-2H2,(H,21,22). The number of halogens is 3. The third-order valence-electron chi connectivity index (χ3n) is 4.48. The summed E-state index contributed by atoms with van der Waals surface area (Å²) in [6.07, 6.45) is 3.12. The van der Waals surface area contributed by atoms with Crippen LogP contribution in [0.2, 0.25) is 10.0 Å². The molecule has 23 heavy (non-hydrogen) atoms. The molecule has 1 aromatic rings. The van der Waals surface area contributed by atoms with Crippen molar-refractivity contribution >= 4 is 50.8 Å². The molecule has 1 aliphatic carbocycles. The van der Waals surface area contributed by atoms with Crippen molar-refractivity contribution in [3.05, 3.63) is 49.6 Å². The maximum atomic E-state index is 11.7. The fourth-order valence-electron chi connectivity index (χ4n) is 3.55. The van der Waals surface area contributed by atoms with Crippen molar-refractivity contribution in [3.8, 4) is 0 Å². The minimum atomic E-state index is -0.954. The lowest BCUT2D eigenvalue weighted by Gasteiger charge is -2.35. The fraction of sp³-hybridized carbons (Fsp3) is 0.312. The average Bonchev–Trinajstić information content (AvgIpc) is 2.84. The zero-order chi connectivity index (χ0) is 16.3. The first kappa shape index (κ1) is 15.4. The van der Waals surface area contributed by atoms with Crippen molar-refractivity contribution in [1.29, 1.82) is 0 Å². The Morgan fingerprint density at radius 3 is 2.87 bits per heavy atom. The number of rotatable bonds is 1. The van der Waals surface area contributed by atoms with E-state index in [0.29, 0.717) is 15.7 Å². The topological polar surface area (TPSA) is 58.6 Å². The van der Waals surface area contributed by atoms with E-state index in [1.54, 1.807) is 12.1 Å². The predicted octanol–water partition coefficient (Wildman–Crippen LogP) is 4.68. The molecule has 2 N–H and O–H groups in total. The van der Waals surface area contributed by atoms with E-state index in [1.807, 2.05) is 6.08 Å². The zero-order valence-electron chi connectivity index (χ0n) is 11.8. The van der Waals surface area contributed by atoms with Gasteiger partial charge in [-0.1, -0.05) is 39.1 Å². The molecule has 3 unspecified atom stereocenters. The van der Waals surface area contributed by atoms with Crippen LogP contribution in [-0.2, 0) is 9.53 Å². The fourth-order valence-corrected chi connectivity index (χ4v) is 4.61. The van der Waals surface area contributed by atoms with Gasteiger partial charge in [-0.05, 0) is 29.1 Å². The molecular formula is C16H12BrCl2NO3. The molecule has 0 bridgehead atoms. The molecule has 0 saturated carbocycles. The number of carboxylic acid groups (broad SMARTS) is 1. The first-order chi connectivity index (χ1) is 11.0. The Kier molecular flexibility index (Phi) is 3.63. The Labute approximate surface area is 151 Å². The number of aliphatic carboxylic acids is 1. The van der Waals surface area contributed by atoms with Crippen LogP contribution in [0.15, 0.2) is 34.0 Å². The Hall–Kier alpha value is -1.17. The number of carboxylic acids is 1. The number of allylic oxidation sites excluding steroid dienone is 3. The third-order valence-corrected chi connectivity index (χ3v) is 5.63. The Morgan fingerprint density at radius 2 is 2.13 bits per heavy atom. The summed E-state index contributed by atoms with van der Waals surface area (Å²) < 4.78 is 7.09. The van der Waals surface area contributed by atoms with Gasteiger partial charge in [-0.15, -0.1) is 0 Å². The smallest absolute Gasteiger partial charge is 0.330 e. The second kappa shape index (κ2) is 5.43. The number of benzene rings is 1. The van der Waals surface area contributed by atoms with E-state index in [2.05, 4.69) is 21.2 Å². The number of hydrogen-bond acceptors (Lipinski definition) is 3. The summed E-state index contributed by atoms with van der Waals surface area (Å²) in [4.78, 5) is 11.7. The van der Waals surface area contributed by atoms with Gasteiger partial charge in [0, 0.05) is 33.3 Å². The van der Waals surface area contributed by atoms with Gasteiger partial charge in [0.25, 0.3) is 0 Å². The quantitative estimate of drug-likeness (QED) is 0.697. The van der Waals surface area contributed by atoms with Gasteiger partial charge in [0.1, 0.15) is 11.9 Å². The molecule has 0 aromatic heterocycles. The van der Waals surface area contributed by atoms with Crippen LogP contribution in [0.4, 0.5) is 5.69 Å². The molecule has 3 aliphatic rings. The molecule has 0 spiro atoms. The Balaban J connectivity index is 1.91. The lowest BCUT2D eigenvalue weighted by Crippen LogP contribution is -2.47. The van der Waals surface area contributed by atoms with E-state index in [9.17, 15) is 9.90 Å². The third kappa shape index (κ3) is 2.37. The van der Waals surface area contributed by atoms with Gasteiger partial charge in [-0.25, -0.2) is 4.79 Å². The first-order valence-corrected chi connectivity index (χ1v) is 8.74. The molecule has 120 valence electrons. The highest BCUT2D eigenvalue weighted by Gasteiger charge is 2.49. The summed E-state index contributed by atoms with van der Waals surface area (Å²) >= 11 is 16.0. The van der Waals surface area contributed by atoms with E-state index in [0.717, 1.165) is 34.2 Å². The van der Waals surface area contributed by atoms with Gasteiger partial charge in [-0.2, -0.15) is 0 Å². The van der Waals surface area contributed by atoms with Crippen LogP contribution in [0.1, 0.15) is 24.3 Å². The molecule has 4 rings (SSSR count). The Bertz CT molecular complexity index is 790. The summed E-state index contributed by atoms with van der Waals surface area (Å²) in [5.74, 6) is -0.306. The van der Waals surface area contributed by atoms with Crippen LogP contribution in [0, 0.1) is 0 Å². The van der Waals surface area contributed by atoms with E-state index in [-0.39, 0.29) is 5.92 Å². The van der Waals surface area contributed by atoms with Gasteiger partial charge in [0.2, 0.25) is 0 Å². The molecule has 1 aromatic carbocycles. The van der Waals surface area contributed by atoms with Crippen LogP contribution in [0.5, 0.6) is 0 Å². The van der Waals surface area contributed by atoms with E-state index < -0.39 is 18.1 Å². The number of ether oxygens (including phenoxy) is 1. The monoisotopic (exact) mass is 415 g/mol. The molecule has 0 saturated heterocycles. The normalized spacial score (nSPS) is 28.1. The molecule has 0 fully saturated rings. The molecular weight excluding hydrogens is 405 g/mol. The number of fused-ring (bicyclic) bond motifs is 4. The van der Waals surface area contributed by atoms with Crippen LogP contribution in [-0.4, -0.2) is 23.2 Å². The predicted molar refractivity (Wildman–Crippen MR) is 92.4 cm³/mol. The molecule has 0 amide bonds. The number of anilines is 1. The van der Waals surface area contributed by atoms with Crippen molar-refractivity contribution in [2.75, 3.05) is 5.32 Å². The number of carbonyl (C=O) groups is 1. The highest BCUT2D eigenvalue weighted by molar-refractivity contribution is 9.11. The van der Waals surface area contributed by atoms with Crippen molar-refractivity contribution in [2.45, 2.75) is 30.9 Å². The van der Waals surface area contributed by atoms with Crippen molar-refractivity contribution in [2.24, 2.45) is 0 Å². The SMILES string of the molecule is O=C(O)C1Nc2cc(Cl)cc(Cl)c2C2C3=C(CCC(Br)=C3)OC12. The molecule has 0 radical (unpaired) electrons. The summed E-state index contributed by atoms with van der Waals surface area (Å²) in [5.41, 5.74) is 2.51. The van der Waals surface area contributed by atoms with Gasteiger partial charge in [0.05, 0.1) is 5.92 Å². The van der Waals surface area contributed by atoms with Gasteiger partial charge >= 0.3 is 5.97 Å². The van der Waals surface area contributed by atoms with Crippen LogP contribution < -0.4 is 5.32 Å². The molecule has 2 aliphatic heterocycles. The second-order valence-corrected chi connectivity index (χ2v) is 7.70. The zero-order valence-corrected chi connectivity index (χ0v) is 14.9. The molecule has 4 nitrogen and oxygen atoms in total. The van der Waals surface area contributed by atoms with Crippen molar-refractivity contribution in [1.82, 2.24) is 0 Å². The Morgan fingerprint density at radius 1 is 1.35 bits per heavy atom. The van der Waals surface area contributed by atoms with Crippen molar-refractivity contribution in [3.63, 3.8) is 0 Å². The van der Waals surface area contributed by atoms with Crippen LogP contribution in [0.25, 0.3) is 0 Å². The van der Waals surface area contributed by atoms with Crippen LogP contribution >= 0.6 is 39.1 Å². The summed E-state index contributed by atoms with van der Waals surface area (Å²) in [5, 5.41) is 13.6. The molecule has 7 heteroatoms. The maximum Gasteiger partial charge on any atom is 0.330 e. The summed E-state index contributed by atoms with van der Waals surface area (Å²) in [7, 11) is 0. The minimum Gasteiger partial charge on any atom is -0.491 e. The highest BCUT2D eigenvalue weighted by Crippen LogP contribution is 2.52. The van der Waals surface area contributed by atoms with Crippen LogP contribution in [0.3, 0.4) is 0 Å². The summed E-state index contributed by atoms with van der Waals surface area (Å²) in [6, 6.07) is 2.55.